The molecule has 0 spiro atoms. The fraction of sp³-hybridized carbons (Fsp3) is 0.294. The molecule has 1 aromatic carbocycles. The van der Waals surface area contributed by atoms with E-state index in [2.05, 4.69) is 27.8 Å². The van der Waals surface area contributed by atoms with Crippen molar-refractivity contribution < 1.29 is 14.3 Å². The minimum Gasteiger partial charge on any atom is -0.451 e. The summed E-state index contributed by atoms with van der Waals surface area (Å²) in [7, 11) is 0. The highest BCUT2D eigenvalue weighted by Gasteiger charge is 2.25. The lowest BCUT2D eigenvalue weighted by molar-refractivity contribution is -0.121. The Hall–Kier alpha value is -1.73. The van der Waals surface area contributed by atoms with Gasteiger partial charge in [-0.3, -0.25) is 4.79 Å². The number of carbonyl (C=O) groups excluding carboxylic acids is 2. The average Bonchev–Trinajstić information content (AvgIpc) is 2.92. The smallest absolute Gasteiger partial charge is 0.355 e. The molecule has 1 atom stereocenters. The third-order valence-corrected chi connectivity index (χ3v) is 5.43. The Bertz CT molecular complexity index is 762. The highest BCUT2D eigenvalue weighted by atomic mass is 79.9. The molecule has 0 radical (unpaired) electrons. The Morgan fingerprint density at radius 2 is 2.21 bits per heavy atom. The van der Waals surface area contributed by atoms with Crippen molar-refractivity contribution in [2.24, 2.45) is 0 Å². The Morgan fingerprint density at radius 1 is 1.42 bits per heavy atom. The number of hydrogen-bond donors (Lipinski definition) is 1. The number of thioether (sulfide) groups is 1. The zero-order valence-corrected chi connectivity index (χ0v) is 15.5. The summed E-state index contributed by atoms with van der Waals surface area (Å²) in [6.45, 7) is 2.50. The van der Waals surface area contributed by atoms with E-state index in [9.17, 15) is 9.59 Å². The maximum absolute atomic E-state index is 12.6. The lowest BCUT2D eigenvalue weighted by Gasteiger charge is -2.22. The maximum Gasteiger partial charge on any atom is 0.355 e. The van der Waals surface area contributed by atoms with Gasteiger partial charge in [0.05, 0.1) is 5.69 Å². The molecule has 1 N–H and O–H groups in total. The van der Waals surface area contributed by atoms with Crippen molar-refractivity contribution >= 4 is 45.3 Å². The highest BCUT2D eigenvalue weighted by Crippen LogP contribution is 2.37. The largest absolute Gasteiger partial charge is 0.451 e. The van der Waals surface area contributed by atoms with Crippen molar-refractivity contribution in [3.05, 3.63) is 46.7 Å². The number of esters is 1. The predicted molar refractivity (Wildman–Crippen MR) is 97.5 cm³/mol. The van der Waals surface area contributed by atoms with Crippen LogP contribution in [0.2, 0.25) is 0 Å². The molecule has 0 saturated carbocycles. The molecule has 5 nitrogen and oxygen atoms in total. The summed E-state index contributed by atoms with van der Waals surface area (Å²) in [5, 5.41) is 0.433. The number of amides is 1. The molecule has 3 rings (SSSR count). The van der Waals surface area contributed by atoms with Gasteiger partial charge in [0.2, 0.25) is 0 Å². The second-order valence-electron chi connectivity index (χ2n) is 5.54. The van der Waals surface area contributed by atoms with Crippen molar-refractivity contribution in [1.82, 2.24) is 4.98 Å². The molecule has 1 aliphatic rings. The topological polar surface area (TPSA) is 62.4 Å². The second-order valence-corrected chi connectivity index (χ2v) is 7.93. The fourth-order valence-corrected chi connectivity index (χ4v) is 3.97. The lowest BCUT2D eigenvalue weighted by atomic mass is 10.2. The van der Waals surface area contributed by atoms with Gasteiger partial charge < -0.3 is 14.6 Å². The molecule has 2 aromatic rings. The number of ether oxygens (including phenoxy) is 1. The van der Waals surface area contributed by atoms with E-state index in [-0.39, 0.29) is 12.5 Å². The van der Waals surface area contributed by atoms with Crippen molar-refractivity contribution in [2.45, 2.75) is 23.5 Å². The quantitative estimate of drug-likeness (QED) is 0.783. The molecule has 24 heavy (non-hydrogen) atoms. The predicted octanol–water partition coefficient (Wildman–Crippen LogP) is 3.85. The first kappa shape index (κ1) is 17.1. The van der Waals surface area contributed by atoms with E-state index in [0.29, 0.717) is 17.5 Å². The van der Waals surface area contributed by atoms with Gasteiger partial charge in [0.25, 0.3) is 5.91 Å². The van der Waals surface area contributed by atoms with Gasteiger partial charge in [-0.15, -0.1) is 11.8 Å². The van der Waals surface area contributed by atoms with Gasteiger partial charge in [0.15, 0.2) is 6.61 Å². The normalized spacial score (nSPS) is 17.1. The number of benzene rings is 1. The van der Waals surface area contributed by atoms with Crippen LogP contribution in [0.25, 0.3) is 0 Å². The van der Waals surface area contributed by atoms with Crippen molar-refractivity contribution in [2.75, 3.05) is 18.1 Å². The number of fused-ring (bicyclic) bond motifs is 1. The van der Waals surface area contributed by atoms with Crippen LogP contribution in [-0.2, 0) is 9.53 Å². The van der Waals surface area contributed by atoms with Gasteiger partial charge in [-0.25, -0.2) is 4.79 Å². The number of carbonyl (C=O) groups is 2. The van der Waals surface area contributed by atoms with Crippen LogP contribution in [0.1, 0.15) is 23.8 Å². The number of H-pyrrole nitrogens is 1. The Balaban J connectivity index is 1.69. The molecule has 0 saturated heterocycles. The first-order valence-electron chi connectivity index (χ1n) is 7.61. The first-order valence-corrected chi connectivity index (χ1v) is 9.29. The summed E-state index contributed by atoms with van der Waals surface area (Å²) < 4.78 is 5.91. The summed E-state index contributed by atoms with van der Waals surface area (Å²) in [6.07, 6.45) is 2.53. The Kier molecular flexibility index (Phi) is 5.30. The summed E-state index contributed by atoms with van der Waals surface area (Å²) in [5.41, 5.74) is 1.20. The third-order valence-electron chi connectivity index (χ3n) is 3.74. The maximum atomic E-state index is 12.6. The molecule has 0 bridgehead atoms. The number of para-hydroxylation sites is 1. The van der Waals surface area contributed by atoms with E-state index in [4.69, 9.17) is 4.74 Å². The lowest BCUT2D eigenvalue weighted by Crippen LogP contribution is -2.35. The summed E-state index contributed by atoms with van der Waals surface area (Å²) in [6, 6.07) is 9.45. The molecule has 0 unspecified atom stereocenters. The molecule has 2 heterocycles. The zero-order chi connectivity index (χ0) is 17.1. The van der Waals surface area contributed by atoms with Crippen molar-refractivity contribution in [3.8, 4) is 0 Å². The first-order chi connectivity index (χ1) is 11.5. The number of aromatic amines is 1. The number of nitrogens with zero attached hydrogens (tertiary/aromatic N) is 1. The number of anilines is 1. The summed E-state index contributed by atoms with van der Waals surface area (Å²) in [4.78, 5) is 30.1. The molecule has 0 aliphatic carbocycles. The molecular weight excluding hydrogens is 392 g/mol. The number of aromatic nitrogens is 1. The van der Waals surface area contributed by atoms with Crippen molar-refractivity contribution in [3.63, 3.8) is 0 Å². The van der Waals surface area contributed by atoms with E-state index in [1.807, 2.05) is 24.3 Å². The fourth-order valence-electron chi connectivity index (χ4n) is 2.51. The van der Waals surface area contributed by atoms with Crippen LogP contribution < -0.4 is 4.90 Å². The SMILES string of the molecule is C[C@H]1CCN(C(=O)COC(=O)c2cc(Br)c[nH]2)c2ccccc2S1. The average molecular weight is 409 g/mol. The summed E-state index contributed by atoms with van der Waals surface area (Å²) >= 11 is 5.02. The van der Waals surface area contributed by atoms with Gasteiger partial charge in [0.1, 0.15) is 5.69 Å². The second kappa shape index (κ2) is 7.44. The molecule has 1 amide bonds. The molecule has 7 heteroatoms. The molecule has 126 valence electrons. The van der Waals surface area contributed by atoms with Crippen LogP contribution in [0.15, 0.2) is 45.9 Å². The van der Waals surface area contributed by atoms with E-state index >= 15 is 0 Å². The highest BCUT2D eigenvalue weighted by molar-refractivity contribution is 9.10. The van der Waals surface area contributed by atoms with Crippen LogP contribution in [0, 0.1) is 0 Å². The van der Waals surface area contributed by atoms with E-state index in [1.165, 1.54) is 0 Å². The van der Waals surface area contributed by atoms with Gasteiger partial charge >= 0.3 is 5.97 Å². The number of halogens is 1. The molecule has 1 aromatic heterocycles. The standard InChI is InChI=1S/C17H17BrN2O3S/c1-11-6-7-20(14-4-2-3-5-15(14)24-11)16(21)10-23-17(22)13-8-12(18)9-19-13/h2-5,8-9,11,19H,6-7,10H2,1H3/t11-/m0/s1. The number of nitrogens with one attached hydrogen (secondary N) is 1. The van der Waals surface area contributed by atoms with Crippen LogP contribution in [0.5, 0.6) is 0 Å². The minimum atomic E-state index is -0.542. The van der Waals surface area contributed by atoms with Gasteiger partial charge in [-0.2, -0.15) is 0 Å². The molecule has 1 aliphatic heterocycles. The minimum absolute atomic E-state index is 0.212. The number of rotatable bonds is 3. The molecule has 0 fully saturated rings. The number of hydrogen-bond acceptors (Lipinski definition) is 4. The van der Waals surface area contributed by atoms with Crippen LogP contribution in [0.4, 0.5) is 5.69 Å². The molecular formula is C17H17BrN2O3S. The Labute approximate surface area is 152 Å². The van der Waals surface area contributed by atoms with Crippen LogP contribution in [-0.4, -0.2) is 35.3 Å². The van der Waals surface area contributed by atoms with E-state index in [1.54, 1.807) is 28.9 Å². The monoisotopic (exact) mass is 408 g/mol. The van der Waals surface area contributed by atoms with E-state index < -0.39 is 5.97 Å². The van der Waals surface area contributed by atoms with Gasteiger partial charge in [-0.05, 0) is 40.5 Å². The van der Waals surface area contributed by atoms with Gasteiger partial charge in [-0.1, -0.05) is 19.1 Å². The van der Waals surface area contributed by atoms with E-state index in [0.717, 1.165) is 21.5 Å². The van der Waals surface area contributed by atoms with Crippen molar-refractivity contribution in [1.29, 1.82) is 0 Å². The third kappa shape index (κ3) is 3.84. The van der Waals surface area contributed by atoms with Gasteiger partial charge in [0, 0.05) is 27.4 Å². The zero-order valence-electron chi connectivity index (χ0n) is 13.1. The van der Waals surface area contributed by atoms with Crippen LogP contribution in [0.3, 0.4) is 0 Å². The Morgan fingerprint density at radius 3 is 2.96 bits per heavy atom. The summed E-state index contributed by atoms with van der Waals surface area (Å²) in [5.74, 6) is -0.754. The van der Waals surface area contributed by atoms with Crippen LogP contribution >= 0.6 is 27.7 Å².